The number of rotatable bonds is 20. The fraction of sp³-hybridized carbons (Fsp3) is 0.731. The minimum Gasteiger partial charge on any atom is -0.480 e. The fourth-order valence-electron chi connectivity index (χ4n) is 3.73. The lowest BCUT2D eigenvalue weighted by Crippen LogP contribution is -2.60. The van der Waals surface area contributed by atoms with Gasteiger partial charge >= 0.3 is 5.97 Å². The summed E-state index contributed by atoms with van der Waals surface area (Å²) in [6.45, 7) is 7.74. The van der Waals surface area contributed by atoms with Crippen LogP contribution in [0.3, 0.4) is 0 Å². The minimum absolute atomic E-state index is 0.0953. The number of carbonyl (C=O) groups excluding carboxylic acids is 6. The van der Waals surface area contributed by atoms with Crippen LogP contribution in [0.2, 0.25) is 0 Å². The third-order valence-electron chi connectivity index (χ3n) is 6.02. The van der Waals surface area contributed by atoms with Crippen molar-refractivity contribution in [2.24, 2.45) is 23.3 Å². The molecule has 0 rings (SSSR count). The Morgan fingerprint density at radius 1 is 0.651 bits per heavy atom. The fourth-order valence-corrected chi connectivity index (χ4v) is 3.99. The summed E-state index contributed by atoms with van der Waals surface area (Å²) in [6.07, 6.45) is -0.0711. The predicted octanol–water partition coefficient (Wildman–Crippen LogP) is -2.88. The maximum absolute atomic E-state index is 13.4. The number of carboxylic acids is 1. The highest BCUT2D eigenvalue weighted by Crippen LogP contribution is 2.10. The van der Waals surface area contributed by atoms with Gasteiger partial charge < -0.3 is 48.3 Å². The van der Waals surface area contributed by atoms with E-state index in [0.29, 0.717) is 0 Å². The molecule has 0 radical (unpaired) electrons. The quantitative estimate of drug-likeness (QED) is 0.0612. The third-order valence-corrected chi connectivity index (χ3v) is 6.38. The molecule has 0 heterocycles. The molecule has 0 aliphatic rings. The van der Waals surface area contributed by atoms with Crippen molar-refractivity contribution in [3.05, 3.63) is 0 Å². The second kappa shape index (κ2) is 19.7. The van der Waals surface area contributed by atoms with E-state index in [1.54, 1.807) is 27.7 Å². The van der Waals surface area contributed by atoms with Crippen molar-refractivity contribution in [3.8, 4) is 0 Å². The molecular weight excluding hydrogens is 586 g/mol. The monoisotopic (exact) mass is 633 g/mol. The van der Waals surface area contributed by atoms with Crippen LogP contribution in [-0.2, 0) is 33.6 Å². The van der Waals surface area contributed by atoms with Crippen LogP contribution in [0.25, 0.3) is 0 Å². The lowest BCUT2D eigenvalue weighted by atomic mass is 9.99. The molecule has 0 aliphatic carbocycles. The lowest BCUT2D eigenvalue weighted by Gasteiger charge is -2.28. The van der Waals surface area contributed by atoms with E-state index in [9.17, 15) is 38.7 Å². The summed E-state index contributed by atoms with van der Waals surface area (Å²) >= 11 is 4.05. The molecule has 246 valence electrons. The molecule has 6 amide bonds. The molecule has 0 aromatic rings. The Balaban J connectivity index is 5.89. The summed E-state index contributed by atoms with van der Waals surface area (Å²) in [5, 5.41) is 30.4. The van der Waals surface area contributed by atoms with E-state index in [-0.39, 0.29) is 43.3 Å². The molecule has 17 heteroatoms. The van der Waals surface area contributed by atoms with Gasteiger partial charge in [-0.3, -0.25) is 28.8 Å². The number of carboxylic acid groups (broad SMARTS) is 1. The number of thiol groups is 1. The number of primary amides is 1. The van der Waals surface area contributed by atoms with Gasteiger partial charge in [-0.05, 0) is 38.0 Å². The Morgan fingerprint density at radius 3 is 1.37 bits per heavy atom. The highest BCUT2D eigenvalue weighted by molar-refractivity contribution is 7.80. The molecule has 16 nitrogen and oxygen atoms in total. The molecular formula is C26H47N7O9S. The van der Waals surface area contributed by atoms with Gasteiger partial charge in [-0.15, -0.1) is 0 Å². The van der Waals surface area contributed by atoms with Crippen LogP contribution in [0.1, 0.15) is 60.3 Å². The van der Waals surface area contributed by atoms with E-state index in [1.165, 1.54) is 6.92 Å². The zero-order chi connectivity index (χ0) is 33.4. The van der Waals surface area contributed by atoms with E-state index in [2.05, 4.69) is 39.2 Å². The number of hydrogen-bond donors (Lipinski definition) is 10. The van der Waals surface area contributed by atoms with E-state index in [1.807, 2.05) is 0 Å². The summed E-state index contributed by atoms with van der Waals surface area (Å²) in [6, 6.07) is -7.36. The SMILES string of the molecule is CC(C)C[C@H](NC(=O)[C@H](CCC(N)=O)NC(=O)[C@H](C)N)C(=O)N[C@@H](CC(C)C)C(=O)N[C@@H](CS)C(=O)N[C@@H](CO)C(=O)O. The number of hydrogen-bond acceptors (Lipinski definition) is 10. The van der Waals surface area contributed by atoms with Crippen LogP contribution in [0.4, 0.5) is 0 Å². The summed E-state index contributed by atoms with van der Waals surface area (Å²) in [5.74, 6) is -6.38. The van der Waals surface area contributed by atoms with Gasteiger partial charge in [-0.1, -0.05) is 27.7 Å². The maximum atomic E-state index is 13.4. The first-order valence-electron chi connectivity index (χ1n) is 13.9. The van der Waals surface area contributed by atoms with Gasteiger partial charge in [0.15, 0.2) is 0 Å². The predicted molar refractivity (Wildman–Crippen MR) is 159 cm³/mol. The maximum Gasteiger partial charge on any atom is 0.328 e. The van der Waals surface area contributed by atoms with Crippen LogP contribution in [0.15, 0.2) is 0 Å². The zero-order valence-electron chi connectivity index (χ0n) is 25.2. The Labute approximate surface area is 256 Å². The second-order valence-corrected chi connectivity index (χ2v) is 11.4. The van der Waals surface area contributed by atoms with Gasteiger partial charge in [-0.25, -0.2) is 4.79 Å². The number of nitrogens with one attached hydrogen (secondary N) is 5. The minimum atomic E-state index is -1.59. The molecule has 0 aromatic carbocycles. The van der Waals surface area contributed by atoms with Gasteiger partial charge in [0.2, 0.25) is 35.4 Å². The largest absolute Gasteiger partial charge is 0.480 e. The molecule has 11 N–H and O–H groups in total. The molecule has 0 saturated heterocycles. The smallest absolute Gasteiger partial charge is 0.328 e. The van der Waals surface area contributed by atoms with Crippen molar-refractivity contribution < 1.29 is 43.8 Å². The number of aliphatic hydroxyl groups excluding tert-OH is 1. The molecule has 0 bridgehead atoms. The van der Waals surface area contributed by atoms with E-state index in [4.69, 9.17) is 16.6 Å². The average molecular weight is 634 g/mol. The first-order chi connectivity index (χ1) is 19.9. The summed E-state index contributed by atoms with van der Waals surface area (Å²) < 4.78 is 0. The van der Waals surface area contributed by atoms with Crippen molar-refractivity contribution in [1.82, 2.24) is 26.6 Å². The molecule has 0 saturated carbocycles. The number of amides is 6. The first-order valence-corrected chi connectivity index (χ1v) is 14.6. The average Bonchev–Trinajstić information content (AvgIpc) is 2.90. The van der Waals surface area contributed by atoms with E-state index in [0.717, 1.165) is 0 Å². The number of aliphatic hydroxyl groups is 1. The van der Waals surface area contributed by atoms with Gasteiger partial charge in [0.25, 0.3) is 0 Å². The van der Waals surface area contributed by atoms with Crippen molar-refractivity contribution in [2.45, 2.75) is 96.6 Å². The summed E-state index contributed by atoms with van der Waals surface area (Å²) in [7, 11) is 0. The van der Waals surface area contributed by atoms with Crippen LogP contribution in [-0.4, -0.2) is 100 Å². The zero-order valence-corrected chi connectivity index (χ0v) is 26.1. The van der Waals surface area contributed by atoms with Crippen LogP contribution >= 0.6 is 12.6 Å². The molecule has 0 aromatic heterocycles. The third kappa shape index (κ3) is 15.6. The highest BCUT2D eigenvalue weighted by Gasteiger charge is 2.33. The van der Waals surface area contributed by atoms with Gasteiger partial charge in [0.05, 0.1) is 12.6 Å². The van der Waals surface area contributed by atoms with Gasteiger partial charge in [0.1, 0.15) is 30.2 Å². The second-order valence-electron chi connectivity index (χ2n) is 11.1. The molecule has 0 unspecified atom stereocenters. The lowest BCUT2D eigenvalue weighted by molar-refractivity contribution is -0.143. The van der Waals surface area contributed by atoms with Crippen molar-refractivity contribution in [2.75, 3.05) is 12.4 Å². The van der Waals surface area contributed by atoms with Crippen molar-refractivity contribution in [3.63, 3.8) is 0 Å². The van der Waals surface area contributed by atoms with Crippen LogP contribution in [0.5, 0.6) is 0 Å². The number of nitrogens with two attached hydrogens (primary N) is 2. The molecule has 43 heavy (non-hydrogen) atoms. The van der Waals surface area contributed by atoms with E-state index < -0.39 is 84.3 Å². The summed E-state index contributed by atoms with van der Waals surface area (Å²) in [5.41, 5.74) is 10.8. The number of carbonyl (C=O) groups is 7. The molecule has 6 atom stereocenters. The van der Waals surface area contributed by atoms with E-state index >= 15 is 0 Å². The van der Waals surface area contributed by atoms with Crippen molar-refractivity contribution >= 4 is 54.0 Å². The van der Waals surface area contributed by atoms with Crippen molar-refractivity contribution in [1.29, 1.82) is 0 Å². The summed E-state index contributed by atoms with van der Waals surface area (Å²) in [4.78, 5) is 86.9. The Morgan fingerprint density at radius 2 is 1.02 bits per heavy atom. The standard InChI is InChI=1S/C26H47N7O9S/c1-12(2)8-16(30-22(37)15(6-7-20(28)35)29-21(36)14(5)27)23(38)31-17(9-13(3)4)24(39)33-19(11-43)25(40)32-18(10-34)26(41)42/h12-19,34,43H,6-11,27H2,1-5H3,(H2,28,35)(H,29,36)(H,30,37)(H,31,38)(H,32,40)(H,33,39)(H,41,42)/t14-,15-,16-,17-,18-,19-/m0/s1. The van der Waals surface area contributed by atoms with Gasteiger partial charge in [0, 0.05) is 12.2 Å². The van der Waals surface area contributed by atoms with Gasteiger partial charge in [-0.2, -0.15) is 12.6 Å². The molecule has 0 spiro atoms. The Kier molecular flexibility index (Phi) is 18.1. The molecule has 0 fully saturated rings. The Bertz CT molecular complexity index is 994. The van der Waals surface area contributed by atoms with Crippen LogP contribution < -0.4 is 38.1 Å². The normalized spacial score (nSPS) is 15.3. The highest BCUT2D eigenvalue weighted by atomic mass is 32.1. The van der Waals surface area contributed by atoms with Crippen LogP contribution in [0, 0.1) is 11.8 Å². The number of aliphatic carboxylic acids is 1. The first kappa shape index (κ1) is 39.6. The topological polar surface area (TPSA) is 272 Å². The Hall–Kier alpha value is -3.44. The molecule has 0 aliphatic heterocycles.